The summed E-state index contributed by atoms with van der Waals surface area (Å²) < 4.78 is 2.38. The smallest absolute Gasteiger partial charge is 0.0483 e. The molecule has 0 spiro atoms. The summed E-state index contributed by atoms with van der Waals surface area (Å²) >= 11 is 0. The molecule has 2 aliphatic rings. The lowest BCUT2D eigenvalue weighted by molar-refractivity contribution is 0.313. The first kappa shape index (κ1) is 13.4. The Labute approximate surface area is 126 Å². The second-order valence-corrected chi connectivity index (χ2v) is 6.61. The van der Waals surface area contributed by atoms with Gasteiger partial charge in [0.15, 0.2) is 0 Å². The van der Waals surface area contributed by atoms with E-state index in [1.54, 1.807) is 0 Å². The van der Waals surface area contributed by atoms with Crippen LogP contribution in [0.4, 0.5) is 0 Å². The number of benzene rings is 1. The summed E-state index contributed by atoms with van der Waals surface area (Å²) in [5.74, 6) is 0.873. The third kappa shape index (κ3) is 2.39. The van der Waals surface area contributed by atoms with Crippen LogP contribution in [0.1, 0.15) is 25.3 Å². The van der Waals surface area contributed by atoms with Crippen molar-refractivity contribution in [2.45, 2.75) is 38.9 Å². The number of likely N-dealkylation sites (tertiary alicyclic amines) is 1. The highest BCUT2D eigenvalue weighted by atomic mass is 15.2. The Hall–Kier alpha value is -1.32. The summed E-state index contributed by atoms with van der Waals surface area (Å²) in [6, 6.07) is 9.56. The van der Waals surface area contributed by atoms with Gasteiger partial charge in [0, 0.05) is 49.3 Å². The van der Waals surface area contributed by atoms with Crippen LogP contribution in [0.15, 0.2) is 30.5 Å². The number of aromatic nitrogens is 1. The number of para-hydroxylation sites is 1. The van der Waals surface area contributed by atoms with Crippen LogP contribution >= 0.6 is 0 Å². The summed E-state index contributed by atoms with van der Waals surface area (Å²) in [5.41, 5.74) is 2.87. The van der Waals surface area contributed by atoms with E-state index in [2.05, 4.69) is 52.2 Å². The second kappa shape index (κ2) is 5.47. The van der Waals surface area contributed by atoms with Crippen LogP contribution in [-0.2, 0) is 13.1 Å². The highest BCUT2D eigenvalue weighted by molar-refractivity contribution is 5.83. The molecule has 2 fully saturated rings. The quantitative estimate of drug-likeness (QED) is 0.934. The fourth-order valence-corrected chi connectivity index (χ4v) is 4.22. The fraction of sp³-hybridized carbons (Fsp3) is 0.556. The van der Waals surface area contributed by atoms with E-state index in [-0.39, 0.29) is 0 Å². The van der Waals surface area contributed by atoms with Crippen LogP contribution in [-0.4, -0.2) is 35.1 Å². The molecule has 112 valence electrons. The Kier molecular flexibility index (Phi) is 3.48. The Morgan fingerprint density at radius 3 is 3.00 bits per heavy atom. The van der Waals surface area contributed by atoms with E-state index in [1.165, 1.54) is 48.9 Å². The third-order valence-electron chi connectivity index (χ3n) is 5.28. The van der Waals surface area contributed by atoms with E-state index >= 15 is 0 Å². The van der Waals surface area contributed by atoms with Gasteiger partial charge in [-0.25, -0.2) is 0 Å². The molecule has 2 saturated heterocycles. The first-order valence-electron chi connectivity index (χ1n) is 8.37. The van der Waals surface area contributed by atoms with Gasteiger partial charge in [-0.1, -0.05) is 18.2 Å². The molecule has 0 unspecified atom stereocenters. The van der Waals surface area contributed by atoms with Gasteiger partial charge in [-0.05, 0) is 43.9 Å². The average Bonchev–Trinajstić information content (AvgIpc) is 3.08. The predicted octanol–water partition coefficient (Wildman–Crippen LogP) is 2.85. The number of fused-ring (bicyclic) bond motifs is 2. The Balaban J connectivity index is 1.57. The Bertz CT molecular complexity index is 616. The van der Waals surface area contributed by atoms with Gasteiger partial charge in [-0.3, -0.25) is 4.90 Å². The van der Waals surface area contributed by atoms with E-state index in [0.717, 1.165) is 25.0 Å². The van der Waals surface area contributed by atoms with Crippen molar-refractivity contribution in [3.63, 3.8) is 0 Å². The van der Waals surface area contributed by atoms with Gasteiger partial charge in [-0.15, -0.1) is 0 Å². The van der Waals surface area contributed by atoms with Gasteiger partial charge in [0.2, 0.25) is 0 Å². The SMILES string of the molecule is CCn1cc(CN2C[C@@H]3CCCN[C@@H]3C2)c2ccccc21. The van der Waals surface area contributed by atoms with E-state index in [4.69, 9.17) is 0 Å². The van der Waals surface area contributed by atoms with Gasteiger partial charge in [0.05, 0.1) is 0 Å². The zero-order chi connectivity index (χ0) is 14.2. The predicted molar refractivity (Wildman–Crippen MR) is 87.4 cm³/mol. The van der Waals surface area contributed by atoms with Crippen molar-refractivity contribution in [2.24, 2.45) is 5.92 Å². The van der Waals surface area contributed by atoms with Crippen LogP contribution in [0.5, 0.6) is 0 Å². The van der Waals surface area contributed by atoms with Gasteiger partial charge < -0.3 is 9.88 Å². The van der Waals surface area contributed by atoms with Crippen molar-refractivity contribution in [3.05, 3.63) is 36.0 Å². The van der Waals surface area contributed by atoms with Gasteiger partial charge in [-0.2, -0.15) is 0 Å². The molecule has 0 radical (unpaired) electrons. The fourth-order valence-electron chi connectivity index (χ4n) is 4.22. The first-order chi connectivity index (χ1) is 10.3. The molecule has 0 aliphatic carbocycles. The lowest BCUT2D eigenvalue weighted by atomic mass is 9.94. The molecular weight excluding hydrogens is 258 g/mol. The molecule has 2 atom stereocenters. The summed E-state index contributed by atoms with van der Waals surface area (Å²) in [7, 11) is 0. The Morgan fingerprint density at radius 2 is 2.14 bits per heavy atom. The molecule has 1 aromatic carbocycles. The maximum atomic E-state index is 3.70. The molecule has 0 bridgehead atoms. The highest BCUT2D eigenvalue weighted by Crippen LogP contribution is 2.28. The maximum Gasteiger partial charge on any atom is 0.0483 e. The Morgan fingerprint density at radius 1 is 1.24 bits per heavy atom. The summed E-state index contributed by atoms with van der Waals surface area (Å²) in [4.78, 5) is 2.65. The molecule has 1 aromatic heterocycles. The number of piperidine rings is 1. The van der Waals surface area contributed by atoms with Gasteiger partial charge in [0.25, 0.3) is 0 Å². The zero-order valence-electron chi connectivity index (χ0n) is 12.9. The van der Waals surface area contributed by atoms with Crippen LogP contribution < -0.4 is 5.32 Å². The third-order valence-corrected chi connectivity index (χ3v) is 5.28. The number of aryl methyl sites for hydroxylation is 1. The van der Waals surface area contributed by atoms with E-state index in [0.29, 0.717) is 0 Å². The van der Waals surface area contributed by atoms with Crippen molar-refractivity contribution in [3.8, 4) is 0 Å². The van der Waals surface area contributed by atoms with E-state index in [9.17, 15) is 0 Å². The zero-order valence-corrected chi connectivity index (χ0v) is 12.9. The van der Waals surface area contributed by atoms with Crippen LogP contribution in [0.3, 0.4) is 0 Å². The standard InChI is InChI=1S/C18H25N3/c1-2-21-12-15(16-7-3-4-8-18(16)21)11-20-10-14-6-5-9-19-17(14)13-20/h3-4,7-8,12,14,17,19H,2,5-6,9-11,13H2,1H3/t14-,17+/m0/s1. The normalized spacial score (nSPS) is 26.3. The second-order valence-electron chi connectivity index (χ2n) is 6.61. The monoisotopic (exact) mass is 283 g/mol. The van der Waals surface area contributed by atoms with E-state index < -0.39 is 0 Å². The molecule has 21 heavy (non-hydrogen) atoms. The molecule has 0 saturated carbocycles. The minimum absolute atomic E-state index is 0.735. The highest BCUT2D eigenvalue weighted by Gasteiger charge is 2.34. The summed E-state index contributed by atoms with van der Waals surface area (Å²) in [6.07, 6.45) is 5.12. The molecule has 4 rings (SSSR count). The minimum Gasteiger partial charge on any atom is -0.347 e. The average molecular weight is 283 g/mol. The first-order valence-corrected chi connectivity index (χ1v) is 8.37. The van der Waals surface area contributed by atoms with Gasteiger partial charge in [0.1, 0.15) is 0 Å². The van der Waals surface area contributed by atoms with Crippen LogP contribution in [0, 0.1) is 5.92 Å². The number of hydrogen-bond donors (Lipinski definition) is 1. The van der Waals surface area contributed by atoms with Crippen molar-refractivity contribution in [2.75, 3.05) is 19.6 Å². The topological polar surface area (TPSA) is 20.2 Å². The molecular formula is C18H25N3. The lowest BCUT2D eigenvalue weighted by Crippen LogP contribution is -2.40. The molecule has 2 aromatic rings. The van der Waals surface area contributed by atoms with Crippen molar-refractivity contribution >= 4 is 10.9 Å². The van der Waals surface area contributed by atoms with Gasteiger partial charge >= 0.3 is 0 Å². The minimum atomic E-state index is 0.735. The number of nitrogens with one attached hydrogen (secondary N) is 1. The van der Waals surface area contributed by atoms with E-state index in [1.807, 2.05) is 0 Å². The molecule has 3 heterocycles. The maximum absolute atomic E-state index is 3.70. The van der Waals surface area contributed by atoms with Crippen molar-refractivity contribution in [1.82, 2.24) is 14.8 Å². The molecule has 3 heteroatoms. The van der Waals surface area contributed by atoms with Crippen molar-refractivity contribution < 1.29 is 0 Å². The number of hydrogen-bond acceptors (Lipinski definition) is 2. The number of rotatable bonds is 3. The largest absolute Gasteiger partial charge is 0.347 e. The summed E-state index contributed by atoms with van der Waals surface area (Å²) in [6.45, 7) is 8.07. The molecule has 3 nitrogen and oxygen atoms in total. The van der Waals surface area contributed by atoms with Crippen molar-refractivity contribution in [1.29, 1.82) is 0 Å². The summed E-state index contributed by atoms with van der Waals surface area (Å²) in [5, 5.41) is 5.14. The molecule has 0 amide bonds. The lowest BCUT2D eigenvalue weighted by Gasteiger charge is -2.24. The molecule has 1 N–H and O–H groups in total. The molecule has 2 aliphatic heterocycles. The number of nitrogens with zero attached hydrogens (tertiary/aromatic N) is 2. The van der Waals surface area contributed by atoms with Crippen LogP contribution in [0.25, 0.3) is 10.9 Å². The van der Waals surface area contributed by atoms with Crippen LogP contribution in [0.2, 0.25) is 0 Å².